The number of halogens is 4. The number of hydrogen-bond donors (Lipinski definition) is 2. The largest absolute Gasteiger partial charge is 0.434 e. The first-order chi connectivity index (χ1) is 13.5. The number of nitrogens with one attached hydrogen (secondary N) is 2. The molecule has 2 aliphatic rings. The van der Waals surface area contributed by atoms with E-state index >= 15 is 0 Å². The van der Waals surface area contributed by atoms with Gasteiger partial charge in [0.15, 0.2) is 11.7 Å². The van der Waals surface area contributed by atoms with Crippen LogP contribution in [0, 0.1) is 0 Å². The third kappa shape index (κ3) is 7.54. The first-order valence-corrected chi connectivity index (χ1v) is 11.1. The molecule has 0 amide bonds. The van der Waals surface area contributed by atoms with Crippen LogP contribution in [0.4, 0.5) is 13.2 Å². The number of thiazole rings is 1. The van der Waals surface area contributed by atoms with E-state index in [9.17, 15) is 13.2 Å². The minimum Gasteiger partial charge on any atom is -0.356 e. The minimum absolute atomic E-state index is 0. The lowest BCUT2D eigenvalue weighted by atomic mass is 9.92. The number of aromatic nitrogens is 1. The maximum atomic E-state index is 12.6. The Kier molecular flexibility index (Phi) is 9.93. The van der Waals surface area contributed by atoms with E-state index in [2.05, 4.69) is 25.5 Å². The van der Waals surface area contributed by atoms with Crippen LogP contribution in [0.1, 0.15) is 55.6 Å². The molecule has 0 spiro atoms. The fourth-order valence-electron chi connectivity index (χ4n) is 4.09. The maximum Gasteiger partial charge on any atom is 0.434 e. The highest BCUT2D eigenvalue weighted by Gasteiger charge is 2.33. The lowest BCUT2D eigenvalue weighted by Gasteiger charge is -2.39. The van der Waals surface area contributed by atoms with E-state index in [1.165, 1.54) is 32.1 Å². The van der Waals surface area contributed by atoms with Crippen LogP contribution in [0.15, 0.2) is 10.4 Å². The van der Waals surface area contributed by atoms with Crippen LogP contribution in [0.25, 0.3) is 0 Å². The molecule has 0 bridgehead atoms. The highest BCUT2D eigenvalue weighted by Crippen LogP contribution is 2.30. The molecule has 1 aliphatic carbocycles. The van der Waals surface area contributed by atoms with Gasteiger partial charge in [-0.25, -0.2) is 4.98 Å². The highest BCUT2D eigenvalue weighted by atomic mass is 127. The maximum absolute atomic E-state index is 12.6. The number of rotatable bonds is 5. The van der Waals surface area contributed by atoms with Crippen molar-refractivity contribution in [1.82, 2.24) is 20.5 Å². The molecule has 2 N–H and O–H groups in total. The Morgan fingerprint density at radius 1 is 1.21 bits per heavy atom. The van der Waals surface area contributed by atoms with Crippen LogP contribution in [0.5, 0.6) is 0 Å². The molecule has 0 atom stereocenters. The molecule has 1 aromatic heterocycles. The summed E-state index contributed by atoms with van der Waals surface area (Å²) in [7, 11) is 1.72. The van der Waals surface area contributed by atoms with E-state index in [0.29, 0.717) is 30.0 Å². The molecule has 1 aliphatic heterocycles. The van der Waals surface area contributed by atoms with Crippen molar-refractivity contribution in [2.24, 2.45) is 4.99 Å². The van der Waals surface area contributed by atoms with E-state index in [0.717, 1.165) is 48.7 Å². The summed E-state index contributed by atoms with van der Waals surface area (Å²) in [6.07, 6.45) is 5.06. The van der Waals surface area contributed by atoms with Crippen LogP contribution in [0.2, 0.25) is 0 Å². The molecule has 3 rings (SSSR count). The molecule has 5 nitrogen and oxygen atoms in total. The van der Waals surface area contributed by atoms with Gasteiger partial charge in [0.2, 0.25) is 0 Å². The molecule has 10 heteroatoms. The molecule has 166 valence electrons. The van der Waals surface area contributed by atoms with Crippen molar-refractivity contribution >= 4 is 41.3 Å². The number of likely N-dealkylation sites (tertiary alicyclic amines) is 1. The van der Waals surface area contributed by atoms with Crippen molar-refractivity contribution < 1.29 is 13.2 Å². The number of nitrogens with zero attached hydrogens (tertiary/aromatic N) is 3. The third-order valence-corrected chi connectivity index (χ3v) is 6.57. The van der Waals surface area contributed by atoms with Gasteiger partial charge in [-0.15, -0.1) is 35.3 Å². The van der Waals surface area contributed by atoms with Gasteiger partial charge >= 0.3 is 6.18 Å². The van der Waals surface area contributed by atoms with E-state index < -0.39 is 11.9 Å². The predicted molar refractivity (Wildman–Crippen MR) is 122 cm³/mol. The number of guanidine groups is 1. The second-order valence-corrected chi connectivity index (χ2v) is 8.56. The zero-order valence-electron chi connectivity index (χ0n) is 16.8. The van der Waals surface area contributed by atoms with Gasteiger partial charge in [-0.3, -0.25) is 4.99 Å². The van der Waals surface area contributed by atoms with Crippen molar-refractivity contribution in [3.63, 3.8) is 0 Å². The van der Waals surface area contributed by atoms with Gasteiger partial charge < -0.3 is 15.5 Å². The molecule has 0 aromatic carbocycles. The zero-order chi connectivity index (χ0) is 20.0. The fourth-order valence-corrected chi connectivity index (χ4v) is 4.89. The second-order valence-electron chi connectivity index (χ2n) is 7.62. The zero-order valence-corrected chi connectivity index (χ0v) is 19.9. The first kappa shape index (κ1) is 24.6. The minimum atomic E-state index is -4.37. The molecular weight excluding hydrogens is 514 g/mol. The molecule has 29 heavy (non-hydrogen) atoms. The lowest BCUT2D eigenvalue weighted by molar-refractivity contribution is -0.140. The monoisotopic (exact) mass is 545 g/mol. The van der Waals surface area contributed by atoms with Crippen LogP contribution >= 0.6 is 35.3 Å². The van der Waals surface area contributed by atoms with Crippen molar-refractivity contribution in [2.75, 3.05) is 26.7 Å². The highest BCUT2D eigenvalue weighted by molar-refractivity contribution is 14.0. The van der Waals surface area contributed by atoms with Crippen molar-refractivity contribution in [3.05, 3.63) is 16.1 Å². The summed E-state index contributed by atoms with van der Waals surface area (Å²) >= 11 is 1.05. The van der Waals surface area contributed by atoms with E-state index in [1.54, 1.807) is 7.05 Å². The molecule has 1 saturated heterocycles. The summed E-state index contributed by atoms with van der Waals surface area (Å²) in [5, 5.41) is 8.21. The van der Waals surface area contributed by atoms with Gasteiger partial charge in [-0.2, -0.15) is 13.2 Å². The summed E-state index contributed by atoms with van der Waals surface area (Å²) in [5.74, 6) is 0.712. The smallest absolute Gasteiger partial charge is 0.356 e. The average molecular weight is 545 g/mol. The molecule has 2 fully saturated rings. The van der Waals surface area contributed by atoms with Gasteiger partial charge in [0.05, 0.1) is 5.01 Å². The molecule has 0 radical (unpaired) electrons. The average Bonchev–Trinajstić information content (AvgIpc) is 3.18. The number of aliphatic imine (C=N–C) groups is 1. The molecule has 0 unspecified atom stereocenters. The Balaban J connectivity index is 0.00000300. The van der Waals surface area contributed by atoms with Gasteiger partial charge in [0.1, 0.15) is 0 Å². The Morgan fingerprint density at radius 3 is 2.48 bits per heavy atom. The van der Waals surface area contributed by atoms with Gasteiger partial charge in [-0.05, 0) is 25.7 Å². The number of alkyl halides is 3. The Bertz CT molecular complexity index is 638. The topological polar surface area (TPSA) is 52.6 Å². The van der Waals surface area contributed by atoms with Gasteiger partial charge in [-0.1, -0.05) is 19.3 Å². The Labute approximate surface area is 192 Å². The summed E-state index contributed by atoms with van der Waals surface area (Å²) in [6.45, 7) is 2.75. The second kappa shape index (κ2) is 11.7. The van der Waals surface area contributed by atoms with E-state index in [1.807, 2.05) is 0 Å². The summed E-state index contributed by atoms with van der Waals surface area (Å²) in [4.78, 5) is 10.6. The Hall–Kier alpha value is -0.620. The number of piperidine rings is 1. The van der Waals surface area contributed by atoms with Crippen LogP contribution in [-0.4, -0.2) is 54.6 Å². The van der Waals surface area contributed by atoms with Gasteiger partial charge in [0.25, 0.3) is 0 Å². The van der Waals surface area contributed by atoms with Crippen molar-refractivity contribution in [1.29, 1.82) is 0 Å². The normalized spacial score (nSPS) is 20.3. The summed E-state index contributed by atoms with van der Waals surface area (Å²) in [6, 6.07) is 1.16. The Morgan fingerprint density at radius 2 is 1.90 bits per heavy atom. The SMILES string of the molecule is CN=C(NCCc1nc(C(F)(F)F)cs1)NC1CCN(C2CCCCC2)CC1.I. The number of hydrogen-bond acceptors (Lipinski definition) is 4. The standard InChI is InChI=1S/C19H30F3N5S.HI/c1-23-18(24-10-7-17-26-16(13-28-17)19(20,21)22)25-14-8-11-27(12-9-14)15-5-3-2-4-6-15;/h13-15H,2-12H2,1H3,(H2,23,24,25);1H. The van der Waals surface area contributed by atoms with Crippen molar-refractivity contribution in [3.8, 4) is 0 Å². The molecule has 2 heterocycles. The molecular formula is C19H31F3IN5S. The lowest BCUT2D eigenvalue weighted by Crippen LogP contribution is -2.51. The molecule has 1 aromatic rings. The van der Waals surface area contributed by atoms with Crippen molar-refractivity contribution in [2.45, 2.75) is 69.6 Å². The fraction of sp³-hybridized carbons (Fsp3) is 0.789. The predicted octanol–water partition coefficient (Wildman–Crippen LogP) is 4.28. The van der Waals surface area contributed by atoms with E-state index in [-0.39, 0.29) is 24.0 Å². The quantitative estimate of drug-likeness (QED) is 0.330. The third-order valence-electron chi connectivity index (χ3n) is 5.66. The van der Waals surface area contributed by atoms with Crippen LogP contribution in [0.3, 0.4) is 0 Å². The van der Waals surface area contributed by atoms with Crippen LogP contribution < -0.4 is 10.6 Å². The van der Waals surface area contributed by atoms with Crippen LogP contribution in [-0.2, 0) is 12.6 Å². The summed E-state index contributed by atoms with van der Waals surface area (Å²) < 4.78 is 37.8. The van der Waals surface area contributed by atoms with Gasteiger partial charge in [0, 0.05) is 50.6 Å². The first-order valence-electron chi connectivity index (χ1n) is 10.2. The van der Waals surface area contributed by atoms with E-state index in [4.69, 9.17) is 0 Å². The molecule has 1 saturated carbocycles. The summed E-state index contributed by atoms with van der Waals surface area (Å²) in [5.41, 5.74) is -0.806.